The molecule has 0 fully saturated rings. The van der Waals surface area contributed by atoms with Crippen LogP contribution in [0.1, 0.15) is 36.6 Å². The summed E-state index contributed by atoms with van der Waals surface area (Å²) in [6.07, 6.45) is 0. The fourth-order valence-electron chi connectivity index (χ4n) is 3.68. The normalized spacial score (nSPS) is 15.3. The van der Waals surface area contributed by atoms with Crippen LogP contribution < -0.4 is 20.5 Å². The molecule has 0 spiro atoms. The summed E-state index contributed by atoms with van der Waals surface area (Å²) in [5.74, 6) is 1.07. The third kappa shape index (κ3) is 4.07. The molecule has 1 aliphatic rings. The number of ether oxygens (including phenoxy) is 2. The zero-order valence-corrected chi connectivity index (χ0v) is 17.6. The smallest absolute Gasteiger partial charge is 0.248 e. The first kappa shape index (κ1) is 20.4. The maximum atomic E-state index is 12.2. The third-order valence-electron chi connectivity index (χ3n) is 5.04. The van der Waals surface area contributed by atoms with Crippen molar-refractivity contribution in [1.29, 1.82) is 0 Å². The molecule has 9 heteroatoms. The zero-order chi connectivity index (χ0) is 22.0. The van der Waals surface area contributed by atoms with Gasteiger partial charge in [0.25, 0.3) is 0 Å². The molecule has 1 atom stereocenters. The molecule has 0 aliphatic carbocycles. The zero-order valence-electron chi connectivity index (χ0n) is 17.6. The van der Waals surface area contributed by atoms with E-state index in [1.54, 1.807) is 6.92 Å². The summed E-state index contributed by atoms with van der Waals surface area (Å²) in [5.41, 5.74) is 9.68. The van der Waals surface area contributed by atoms with Gasteiger partial charge in [-0.15, -0.1) is 0 Å². The van der Waals surface area contributed by atoms with Crippen molar-refractivity contribution in [1.82, 2.24) is 20.2 Å². The SMILES string of the molecule is CCOc1cc(C2C(C(N)=O)=C(C)Nc3nnnn32)ccc1OCc1cccc(C)c1. The number of nitrogens with two attached hydrogens (primary N) is 1. The van der Waals surface area contributed by atoms with Crippen LogP contribution >= 0.6 is 0 Å². The number of allylic oxidation sites excluding steroid dienone is 1. The number of primary amides is 1. The van der Waals surface area contributed by atoms with Crippen LogP contribution in [0.5, 0.6) is 11.5 Å². The van der Waals surface area contributed by atoms with Gasteiger partial charge in [0.15, 0.2) is 11.5 Å². The lowest BCUT2D eigenvalue weighted by Crippen LogP contribution is -2.31. The molecular weight excluding hydrogens is 396 g/mol. The molecule has 0 bridgehead atoms. The summed E-state index contributed by atoms with van der Waals surface area (Å²) in [7, 11) is 0. The number of fused-ring (bicyclic) bond motifs is 1. The van der Waals surface area contributed by atoms with Crippen LogP contribution in [-0.2, 0) is 11.4 Å². The molecule has 0 saturated carbocycles. The van der Waals surface area contributed by atoms with Gasteiger partial charge >= 0.3 is 0 Å². The summed E-state index contributed by atoms with van der Waals surface area (Å²) < 4.78 is 13.4. The molecule has 1 unspecified atom stereocenters. The van der Waals surface area contributed by atoms with Crippen LogP contribution in [0.4, 0.5) is 5.95 Å². The first-order chi connectivity index (χ1) is 15.0. The molecule has 9 nitrogen and oxygen atoms in total. The Hall–Kier alpha value is -3.88. The number of amides is 1. The van der Waals surface area contributed by atoms with Crippen molar-refractivity contribution in [2.75, 3.05) is 11.9 Å². The Morgan fingerprint density at radius 2 is 2.00 bits per heavy atom. The van der Waals surface area contributed by atoms with E-state index in [1.165, 1.54) is 10.2 Å². The minimum absolute atomic E-state index is 0.385. The van der Waals surface area contributed by atoms with E-state index in [9.17, 15) is 4.79 Å². The van der Waals surface area contributed by atoms with Gasteiger partial charge in [0, 0.05) is 5.70 Å². The quantitative estimate of drug-likeness (QED) is 0.603. The number of nitrogens with zero attached hydrogens (tertiary/aromatic N) is 4. The third-order valence-corrected chi connectivity index (χ3v) is 5.04. The van der Waals surface area contributed by atoms with E-state index < -0.39 is 11.9 Å². The molecule has 2 heterocycles. The summed E-state index contributed by atoms with van der Waals surface area (Å²) in [6, 6.07) is 13.1. The first-order valence-corrected chi connectivity index (χ1v) is 9.98. The van der Waals surface area contributed by atoms with Gasteiger partial charge in [0.2, 0.25) is 11.9 Å². The summed E-state index contributed by atoms with van der Waals surface area (Å²) >= 11 is 0. The number of carbonyl (C=O) groups excluding carboxylic acids is 1. The van der Waals surface area contributed by atoms with Crippen molar-refractivity contribution >= 4 is 11.9 Å². The number of tetrazole rings is 1. The number of hydrogen-bond acceptors (Lipinski definition) is 7. The molecule has 1 aliphatic heterocycles. The van der Waals surface area contributed by atoms with E-state index in [1.807, 2.05) is 50.2 Å². The minimum atomic E-state index is -0.575. The second-order valence-corrected chi connectivity index (χ2v) is 7.29. The van der Waals surface area contributed by atoms with Gasteiger partial charge in [-0.2, -0.15) is 4.68 Å². The molecular formula is C22H24N6O3. The van der Waals surface area contributed by atoms with Gasteiger partial charge in [-0.25, -0.2) is 0 Å². The monoisotopic (exact) mass is 420 g/mol. The Balaban J connectivity index is 1.69. The Bertz CT molecular complexity index is 1150. The largest absolute Gasteiger partial charge is 0.490 e. The number of nitrogens with one attached hydrogen (secondary N) is 1. The van der Waals surface area contributed by atoms with E-state index >= 15 is 0 Å². The van der Waals surface area contributed by atoms with E-state index in [0.29, 0.717) is 41.9 Å². The molecule has 160 valence electrons. The number of benzene rings is 2. The summed E-state index contributed by atoms with van der Waals surface area (Å²) in [5, 5.41) is 14.7. The standard InChI is InChI=1S/C22H24N6O3/c1-4-30-18-11-16(8-9-17(18)31-12-15-7-5-6-13(2)10-15)20-19(21(23)29)14(3)24-22-25-26-27-28(20)22/h5-11,20H,4,12H2,1-3H3,(H2,23,29)(H,24,25,27). The number of rotatable bonds is 7. The van der Waals surface area contributed by atoms with Crippen LogP contribution in [0, 0.1) is 6.92 Å². The highest BCUT2D eigenvalue weighted by atomic mass is 16.5. The van der Waals surface area contributed by atoms with Crippen LogP contribution in [-0.4, -0.2) is 32.7 Å². The van der Waals surface area contributed by atoms with Gasteiger partial charge in [-0.1, -0.05) is 41.0 Å². The first-order valence-electron chi connectivity index (χ1n) is 9.98. The molecule has 4 rings (SSSR count). The molecule has 3 N–H and O–H groups in total. The highest BCUT2D eigenvalue weighted by Gasteiger charge is 2.33. The predicted octanol–water partition coefficient (Wildman–Crippen LogP) is 2.73. The number of aromatic nitrogens is 4. The Kier molecular flexibility index (Phi) is 5.57. The van der Waals surface area contributed by atoms with Crippen molar-refractivity contribution in [3.05, 3.63) is 70.4 Å². The van der Waals surface area contributed by atoms with E-state index in [0.717, 1.165) is 11.1 Å². The summed E-state index contributed by atoms with van der Waals surface area (Å²) in [6.45, 7) is 6.59. The van der Waals surface area contributed by atoms with Gasteiger partial charge in [-0.3, -0.25) is 4.79 Å². The maximum absolute atomic E-state index is 12.2. The van der Waals surface area contributed by atoms with Gasteiger partial charge in [-0.05, 0) is 54.5 Å². The highest BCUT2D eigenvalue weighted by molar-refractivity contribution is 5.95. The molecule has 0 radical (unpaired) electrons. The second-order valence-electron chi connectivity index (χ2n) is 7.29. The Morgan fingerprint density at radius 3 is 2.74 bits per heavy atom. The average Bonchev–Trinajstić information content (AvgIpc) is 3.20. The van der Waals surface area contributed by atoms with Crippen molar-refractivity contribution in [2.24, 2.45) is 5.73 Å². The van der Waals surface area contributed by atoms with E-state index in [2.05, 4.69) is 26.9 Å². The van der Waals surface area contributed by atoms with Crippen LogP contribution in [0.3, 0.4) is 0 Å². The minimum Gasteiger partial charge on any atom is -0.490 e. The molecule has 31 heavy (non-hydrogen) atoms. The topological polar surface area (TPSA) is 117 Å². The van der Waals surface area contributed by atoms with Gasteiger partial charge in [0.05, 0.1) is 12.2 Å². The number of hydrogen-bond donors (Lipinski definition) is 2. The van der Waals surface area contributed by atoms with Crippen molar-refractivity contribution < 1.29 is 14.3 Å². The molecule has 1 aromatic heterocycles. The lowest BCUT2D eigenvalue weighted by Gasteiger charge is -2.27. The average molecular weight is 420 g/mol. The Morgan fingerprint density at radius 1 is 1.16 bits per heavy atom. The van der Waals surface area contributed by atoms with Gasteiger partial charge in [0.1, 0.15) is 12.6 Å². The number of aryl methyl sites for hydroxylation is 1. The van der Waals surface area contributed by atoms with Gasteiger partial charge < -0.3 is 20.5 Å². The fraction of sp³-hybridized carbons (Fsp3) is 0.273. The van der Waals surface area contributed by atoms with Crippen LogP contribution in [0.15, 0.2) is 53.7 Å². The van der Waals surface area contributed by atoms with E-state index in [-0.39, 0.29) is 0 Å². The van der Waals surface area contributed by atoms with Crippen molar-refractivity contribution in [3.8, 4) is 11.5 Å². The van der Waals surface area contributed by atoms with Crippen LogP contribution in [0.2, 0.25) is 0 Å². The maximum Gasteiger partial charge on any atom is 0.248 e. The Labute approximate surface area is 179 Å². The molecule has 1 amide bonds. The lowest BCUT2D eigenvalue weighted by molar-refractivity contribution is -0.115. The number of anilines is 1. The van der Waals surface area contributed by atoms with E-state index in [4.69, 9.17) is 15.2 Å². The predicted molar refractivity (Wildman–Crippen MR) is 115 cm³/mol. The molecule has 0 saturated heterocycles. The van der Waals surface area contributed by atoms with Crippen LogP contribution in [0.25, 0.3) is 0 Å². The molecule has 3 aromatic rings. The number of carbonyl (C=O) groups is 1. The highest BCUT2D eigenvalue weighted by Crippen LogP contribution is 2.38. The second kappa shape index (κ2) is 8.47. The van der Waals surface area contributed by atoms with Crippen molar-refractivity contribution in [2.45, 2.75) is 33.4 Å². The molecule has 2 aromatic carbocycles. The van der Waals surface area contributed by atoms with Crippen molar-refractivity contribution in [3.63, 3.8) is 0 Å². The fourth-order valence-corrected chi connectivity index (χ4v) is 3.68. The summed E-state index contributed by atoms with van der Waals surface area (Å²) in [4.78, 5) is 12.2. The lowest BCUT2D eigenvalue weighted by atomic mass is 9.95.